The van der Waals surface area contributed by atoms with Crippen molar-refractivity contribution >= 4 is 17.5 Å². The Morgan fingerprint density at radius 2 is 1.90 bits per heavy atom. The van der Waals surface area contributed by atoms with Crippen LogP contribution in [-0.4, -0.2) is 45.3 Å². The second kappa shape index (κ2) is 9.04. The molecule has 0 aliphatic rings. The molecule has 7 heteroatoms. The van der Waals surface area contributed by atoms with E-state index < -0.39 is 11.7 Å². The lowest BCUT2D eigenvalue weighted by Crippen LogP contribution is -2.36. The predicted octanol–water partition coefficient (Wildman–Crippen LogP) is 0.697. The van der Waals surface area contributed by atoms with Crippen molar-refractivity contribution in [2.45, 2.75) is 6.42 Å². The van der Waals surface area contributed by atoms with Gasteiger partial charge in [0.05, 0.1) is 13.2 Å². The smallest absolute Gasteiger partial charge is 0.252 e. The maximum absolute atomic E-state index is 12.9. The first kappa shape index (κ1) is 17.1. The summed E-state index contributed by atoms with van der Waals surface area (Å²) >= 11 is 0. The van der Waals surface area contributed by atoms with Crippen LogP contribution in [-0.2, 0) is 19.1 Å². The van der Waals surface area contributed by atoms with Gasteiger partial charge in [-0.15, -0.1) is 0 Å². The Balaban J connectivity index is 2.69. The second-order valence-corrected chi connectivity index (χ2v) is 4.28. The van der Waals surface area contributed by atoms with Crippen LogP contribution in [0.3, 0.4) is 0 Å². The van der Waals surface area contributed by atoms with E-state index >= 15 is 0 Å². The van der Waals surface area contributed by atoms with Gasteiger partial charge in [0, 0.05) is 25.8 Å². The molecule has 116 valence electrons. The summed E-state index contributed by atoms with van der Waals surface area (Å²) in [5, 5.41) is 0. The van der Waals surface area contributed by atoms with Gasteiger partial charge >= 0.3 is 0 Å². The van der Waals surface area contributed by atoms with Crippen LogP contribution < -0.4 is 10.6 Å². The number of anilines is 1. The summed E-state index contributed by atoms with van der Waals surface area (Å²) in [6.45, 7) is 0.632. The molecule has 0 heterocycles. The third-order valence-corrected chi connectivity index (χ3v) is 2.68. The highest BCUT2D eigenvalue weighted by Crippen LogP contribution is 2.15. The van der Waals surface area contributed by atoms with E-state index in [4.69, 9.17) is 15.2 Å². The number of amides is 2. The maximum atomic E-state index is 12.9. The summed E-state index contributed by atoms with van der Waals surface area (Å²) in [7, 11) is 1.53. The van der Waals surface area contributed by atoms with Gasteiger partial charge in [-0.3, -0.25) is 9.59 Å². The standard InChI is InChI=1S/C14H19FN2O4/c1-20-8-9-21-10-14(19)17(7-6-13(16)18)12-4-2-11(15)3-5-12/h2-5H,6-10H2,1H3,(H2,16,18). The van der Waals surface area contributed by atoms with E-state index in [1.54, 1.807) is 0 Å². The van der Waals surface area contributed by atoms with Crippen LogP contribution in [0.15, 0.2) is 24.3 Å². The Labute approximate surface area is 122 Å². The summed E-state index contributed by atoms with van der Waals surface area (Å²) in [4.78, 5) is 24.4. The van der Waals surface area contributed by atoms with Crippen molar-refractivity contribution in [3.8, 4) is 0 Å². The molecule has 0 atom stereocenters. The minimum absolute atomic E-state index is 0.0151. The number of nitrogens with two attached hydrogens (primary N) is 1. The van der Waals surface area contributed by atoms with Gasteiger partial charge in [-0.25, -0.2) is 4.39 Å². The van der Waals surface area contributed by atoms with Gasteiger partial charge in [-0.05, 0) is 24.3 Å². The Morgan fingerprint density at radius 1 is 1.24 bits per heavy atom. The molecule has 1 aromatic rings. The highest BCUT2D eigenvalue weighted by atomic mass is 19.1. The minimum Gasteiger partial charge on any atom is -0.382 e. The monoisotopic (exact) mass is 298 g/mol. The first-order valence-electron chi connectivity index (χ1n) is 6.45. The van der Waals surface area contributed by atoms with E-state index in [-0.39, 0.29) is 32.1 Å². The topological polar surface area (TPSA) is 81.9 Å². The predicted molar refractivity (Wildman–Crippen MR) is 75.3 cm³/mol. The zero-order valence-electron chi connectivity index (χ0n) is 11.9. The molecule has 0 bridgehead atoms. The average molecular weight is 298 g/mol. The highest BCUT2D eigenvalue weighted by Gasteiger charge is 2.16. The largest absolute Gasteiger partial charge is 0.382 e. The summed E-state index contributed by atoms with van der Waals surface area (Å²) in [6, 6.07) is 5.41. The lowest BCUT2D eigenvalue weighted by molar-refractivity contribution is -0.123. The van der Waals surface area contributed by atoms with Crippen molar-refractivity contribution in [3.63, 3.8) is 0 Å². The van der Waals surface area contributed by atoms with Crippen molar-refractivity contribution in [2.75, 3.05) is 38.4 Å². The number of benzene rings is 1. The molecule has 0 spiro atoms. The summed E-state index contributed by atoms with van der Waals surface area (Å²) in [5.74, 6) is -1.26. The van der Waals surface area contributed by atoms with E-state index in [1.165, 1.54) is 36.3 Å². The maximum Gasteiger partial charge on any atom is 0.252 e. The molecule has 0 aliphatic carbocycles. The third kappa shape index (κ3) is 6.33. The lowest BCUT2D eigenvalue weighted by atomic mass is 10.2. The first-order valence-corrected chi connectivity index (χ1v) is 6.45. The summed E-state index contributed by atoms with van der Waals surface area (Å²) in [5.41, 5.74) is 5.58. The second-order valence-electron chi connectivity index (χ2n) is 4.28. The molecule has 21 heavy (non-hydrogen) atoms. The van der Waals surface area contributed by atoms with Crippen molar-refractivity contribution in [3.05, 3.63) is 30.1 Å². The van der Waals surface area contributed by atoms with Crippen LogP contribution in [0.2, 0.25) is 0 Å². The summed E-state index contributed by atoms with van der Waals surface area (Å²) < 4.78 is 22.9. The molecule has 0 radical (unpaired) electrons. The van der Waals surface area contributed by atoms with Crippen molar-refractivity contribution in [1.29, 1.82) is 0 Å². The number of rotatable bonds is 9. The van der Waals surface area contributed by atoms with E-state index in [9.17, 15) is 14.0 Å². The fraction of sp³-hybridized carbons (Fsp3) is 0.429. The molecule has 0 saturated carbocycles. The van der Waals surface area contributed by atoms with Gasteiger partial charge in [0.15, 0.2) is 0 Å². The molecular weight excluding hydrogens is 279 g/mol. The molecule has 1 rings (SSSR count). The number of halogens is 1. The molecule has 6 nitrogen and oxygen atoms in total. The van der Waals surface area contributed by atoms with Crippen molar-refractivity contribution in [1.82, 2.24) is 0 Å². The van der Waals surface area contributed by atoms with Gasteiger partial charge in [0.2, 0.25) is 5.91 Å². The number of hydrogen-bond donors (Lipinski definition) is 1. The third-order valence-electron chi connectivity index (χ3n) is 2.68. The quantitative estimate of drug-likeness (QED) is 0.680. The van der Waals surface area contributed by atoms with Crippen LogP contribution in [0, 0.1) is 5.82 Å². The molecule has 0 aromatic heterocycles. The minimum atomic E-state index is -0.518. The Bertz CT molecular complexity index is 465. The lowest BCUT2D eigenvalue weighted by Gasteiger charge is -2.22. The highest BCUT2D eigenvalue weighted by molar-refractivity contribution is 5.94. The SMILES string of the molecule is COCCOCC(=O)N(CCC(N)=O)c1ccc(F)cc1. The number of ether oxygens (including phenoxy) is 2. The zero-order valence-corrected chi connectivity index (χ0v) is 11.9. The fourth-order valence-corrected chi connectivity index (χ4v) is 1.62. The van der Waals surface area contributed by atoms with Gasteiger partial charge in [0.25, 0.3) is 5.91 Å². The Morgan fingerprint density at radius 3 is 2.48 bits per heavy atom. The van der Waals surface area contributed by atoms with Gasteiger partial charge in [0.1, 0.15) is 12.4 Å². The normalized spacial score (nSPS) is 10.4. The van der Waals surface area contributed by atoms with E-state index in [1.807, 2.05) is 0 Å². The number of carbonyl (C=O) groups excluding carboxylic acids is 2. The molecule has 0 aliphatic heterocycles. The number of carbonyl (C=O) groups is 2. The van der Waals surface area contributed by atoms with E-state index in [0.717, 1.165) is 0 Å². The molecular formula is C14H19FN2O4. The number of methoxy groups -OCH3 is 1. The van der Waals surface area contributed by atoms with Crippen LogP contribution in [0.25, 0.3) is 0 Å². The zero-order chi connectivity index (χ0) is 15.7. The van der Waals surface area contributed by atoms with Gasteiger partial charge in [-0.1, -0.05) is 0 Å². The summed E-state index contributed by atoms with van der Waals surface area (Å²) in [6.07, 6.45) is 0.0151. The van der Waals surface area contributed by atoms with Crippen LogP contribution in [0.4, 0.5) is 10.1 Å². The van der Waals surface area contributed by atoms with Crippen LogP contribution >= 0.6 is 0 Å². The van der Waals surface area contributed by atoms with E-state index in [0.29, 0.717) is 12.3 Å². The molecule has 2 N–H and O–H groups in total. The number of primary amides is 1. The Hall–Kier alpha value is -1.99. The first-order chi connectivity index (χ1) is 10.0. The molecule has 0 fully saturated rings. The van der Waals surface area contributed by atoms with Crippen LogP contribution in [0.1, 0.15) is 6.42 Å². The molecule has 2 amide bonds. The van der Waals surface area contributed by atoms with Gasteiger partial charge < -0.3 is 20.1 Å². The molecule has 0 unspecified atom stereocenters. The van der Waals surface area contributed by atoms with E-state index in [2.05, 4.69) is 0 Å². The number of nitrogens with zero attached hydrogens (tertiary/aromatic N) is 1. The molecule has 0 saturated heterocycles. The average Bonchev–Trinajstić information content (AvgIpc) is 2.45. The Kier molecular flexibility index (Phi) is 7.34. The van der Waals surface area contributed by atoms with Gasteiger partial charge in [-0.2, -0.15) is 0 Å². The number of hydrogen-bond acceptors (Lipinski definition) is 4. The van der Waals surface area contributed by atoms with Crippen LogP contribution in [0.5, 0.6) is 0 Å². The molecule has 1 aromatic carbocycles. The van der Waals surface area contributed by atoms with Crippen molar-refractivity contribution in [2.24, 2.45) is 5.73 Å². The fourth-order valence-electron chi connectivity index (χ4n) is 1.62. The van der Waals surface area contributed by atoms with Crippen molar-refractivity contribution < 1.29 is 23.5 Å².